The fourth-order valence-electron chi connectivity index (χ4n) is 3.70. The van der Waals surface area contributed by atoms with Crippen LogP contribution in [0.15, 0.2) is 47.6 Å². The quantitative estimate of drug-likeness (QED) is 0.141. The summed E-state index contributed by atoms with van der Waals surface area (Å²) in [4.78, 5) is 83.8. The number of ether oxygens (including phenoxy) is 7. The first-order chi connectivity index (χ1) is 20.6. The normalized spacial score (nSPS) is 17.1. The van der Waals surface area contributed by atoms with E-state index < -0.39 is 89.1 Å². The smallest absolute Gasteiger partial charge is 0.384 e. The Hall–Kier alpha value is -5.32. The Labute approximate surface area is 250 Å². The van der Waals surface area contributed by atoms with E-state index in [1.807, 2.05) is 0 Å². The molecule has 0 spiro atoms. The highest BCUT2D eigenvalue weighted by Gasteiger charge is 2.51. The lowest BCUT2D eigenvalue weighted by molar-refractivity contribution is -0.384. The van der Waals surface area contributed by atoms with Gasteiger partial charge in [-0.2, -0.15) is 0 Å². The second kappa shape index (κ2) is 15.2. The summed E-state index contributed by atoms with van der Waals surface area (Å²) >= 11 is 0. The molecule has 0 radical (unpaired) electrons. The highest BCUT2D eigenvalue weighted by atomic mass is 16.7. The summed E-state index contributed by atoms with van der Waals surface area (Å²) in [5, 5.41) is 13.4. The standard InChI is InChI=1S/C27H30N2O15/c1-14(30)28-23-21(41-16(3)32)11-27(26(35)38-6,40-12-19-7-9-20(10-8-19)29(36)37)44-25(23)24(43-18(5)34)22(42-17(4)33)13-39-15(2)31/h7-11,22,24H,12-13H2,1-6H3,(H,28,30). The summed E-state index contributed by atoms with van der Waals surface area (Å²) < 4.78 is 37.5. The average molecular weight is 623 g/mol. The van der Waals surface area contributed by atoms with Gasteiger partial charge in [-0.25, -0.2) is 4.79 Å². The van der Waals surface area contributed by atoms with Crippen molar-refractivity contribution in [3.63, 3.8) is 0 Å². The molecule has 0 saturated carbocycles. The molecule has 0 saturated heterocycles. The van der Waals surface area contributed by atoms with Crippen LogP contribution in [0.25, 0.3) is 0 Å². The second-order valence-corrected chi connectivity index (χ2v) is 8.98. The summed E-state index contributed by atoms with van der Waals surface area (Å²) in [5.74, 6) is -9.42. The number of rotatable bonds is 13. The van der Waals surface area contributed by atoms with Crippen molar-refractivity contribution in [2.45, 2.75) is 59.2 Å². The molecule has 1 heterocycles. The minimum absolute atomic E-state index is 0.221. The molecule has 1 aliphatic rings. The molecule has 1 N–H and O–H groups in total. The van der Waals surface area contributed by atoms with Crippen LogP contribution in [-0.4, -0.2) is 72.4 Å². The Morgan fingerprint density at radius 2 is 1.55 bits per heavy atom. The number of nitro groups is 1. The van der Waals surface area contributed by atoms with Gasteiger partial charge in [0.25, 0.3) is 5.69 Å². The first-order valence-electron chi connectivity index (χ1n) is 12.6. The van der Waals surface area contributed by atoms with Crippen molar-refractivity contribution < 1.29 is 66.8 Å². The zero-order valence-corrected chi connectivity index (χ0v) is 24.5. The molecule has 0 bridgehead atoms. The van der Waals surface area contributed by atoms with E-state index in [9.17, 15) is 38.9 Å². The highest BCUT2D eigenvalue weighted by Crippen LogP contribution is 2.37. The number of benzene rings is 1. The monoisotopic (exact) mass is 622 g/mol. The molecule has 44 heavy (non-hydrogen) atoms. The number of amides is 1. The van der Waals surface area contributed by atoms with Gasteiger partial charge in [-0.3, -0.25) is 34.1 Å². The van der Waals surface area contributed by atoms with Crippen LogP contribution in [0.3, 0.4) is 0 Å². The first-order valence-corrected chi connectivity index (χ1v) is 12.6. The number of hydrogen-bond acceptors (Lipinski definition) is 15. The molecule has 17 heteroatoms. The van der Waals surface area contributed by atoms with Crippen LogP contribution in [0.2, 0.25) is 0 Å². The predicted octanol–water partition coefficient (Wildman–Crippen LogP) is 1.23. The van der Waals surface area contributed by atoms with Gasteiger partial charge >= 0.3 is 35.6 Å². The number of nitrogens with zero attached hydrogens (tertiary/aromatic N) is 1. The Bertz CT molecular complexity index is 1380. The minimum Gasteiger partial charge on any atom is -0.464 e. The van der Waals surface area contributed by atoms with E-state index in [-0.39, 0.29) is 5.69 Å². The van der Waals surface area contributed by atoms with Gasteiger partial charge in [0.15, 0.2) is 17.6 Å². The van der Waals surface area contributed by atoms with E-state index in [4.69, 9.17) is 33.2 Å². The lowest BCUT2D eigenvalue weighted by atomic mass is 10.0. The fourth-order valence-corrected chi connectivity index (χ4v) is 3.70. The summed E-state index contributed by atoms with van der Waals surface area (Å²) in [5.41, 5.74) is -0.356. The van der Waals surface area contributed by atoms with Crippen molar-refractivity contribution in [2.24, 2.45) is 0 Å². The van der Waals surface area contributed by atoms with Gasteiger partial charge in [0.05, 0.1) is 18.6 Å². The third-order valence-corrected chi connectivity index (χ3v) is 5.36. The lowest BCUT2D eigenvalue weighted by Gasteiger charge is -2.38. The highest BCUT2D eigenvalue weighted by molar-refractivity contribution is 5.83. The van der Waals surface area contributed by atoms with Crippen LogP contribution in [0.1, 0.15) is 40.2 Å². The molecule has 3 unspecified atom stereocenters. The van der Waals surface area contributed by atoms with Crippen molar-refractivity contribution in [3.8, 4) is 0 Å². The average Bonchev–Trinajstić information content (AvgIpc) is 2.93. The topological polar surface area (TPSA) is 222 Å². The number of nitrogens with one attached hydrogen (secondary N) is 1. The van der Waals surface area contributed by atoms with E-state index in [1.54, 1.807) is 0 Å². The maximum absolute atomic E-state index is 13.2. The summed E-state index contributed by atoms with van der Waals surface area (Å²) in [6.07, 6.45) is -2.64. The van der Waals surface area contributed by atoms with Gasteiger partial charge in [-0.15, -0.1) is 0 Å². The Balaban J connectivity index is 2.80. The van der Waals surface area contributed by atoms with Crippen LogP contribution < -0.4 is 5.32 Å². The van der Waals surface area contributed by atoms with Crippen molar-refractivity contribution in [2.75, 3.05) is 13.7 Å². The van der Waals surface area contributed by atoms with E-state index in [2.05, 4.69) is 5.32 Å². The molecule has 1 aromatic rings. The molecule has 1 aliphatic heterocycles. The molecule has 2 rings (SSSR count). The van der Waals surface area contributed by atoms with Gasteiger partial charge in [0.1, 0.15) is 12.3 Å². The molecule has 0 aliphatic carbocycles. The SMILES string of the molecule is COC(=O)C1(OCc2ccc([N+](=O)[O-])cc2)C=C(OC(C)=O)C(NC(C)=O)=C(C(OC(C)=O)C(COC(C)=O)OC(C)=O)O1. The number of esters is 5. The Kier molecular flexibility index (Phi) is 12.1. The fraction of sp³-hybridized carbons (Fsp3) is 0.407. The Morgan fingerprint density at radius 1 is 0.932 bits per heavy atom. The molecule has 0 fully saturated rings. The van der Waals surface area contributed by atoms with Gasteiger partial charge < -0.3 is 38.5 Å². The van der Waals surface area contributed by atoms with Gasteiger partial charge in [-0.1, -0.05) is 0 Å². The van der Waals surface area contributed by atoms with Crippen LogP contribution in [-0.2, 0) is 68.5 Å². The summed E-state index contributed by atoms with van der Waals surface area (Å²) in [7, 11) is 0.973. The van der Waals surface area contributed by atoms with Crippen LogP contribution in [0, 0.1) is 10.1 Å². The van der Waals surface area contributed by atoms with E-state index in [0.29, 0.717) is 5.56 Å². The maximum Gasteiger partial charge on any atom is 0.384 e. The Morgan fingerprint density at radius 3 is 2.02 bits per heavy atom. The minimum atomic E-state index is -2.63. The maximum atomic E-state index is 13.2. The largest absolute Gasteiger partial charge is 0.464 e. The predicted molar refractivity (Wildman–Crippen MR) is 142 cm³/mol. The van der Waals surface area contributed by atoms with Crippen molar-refractivity contribution >= 4 is 41.4 Å². The van der Waals surface area contributed by atoms with Crippen molar-refractivity contribution in [1.82, 2.24) is 5.32 Å². The van der Waals surface area contributed by atoms with E-state index in [1.165, 1.54) is 24.3 Å². The first kappa shape index (κ1) is 34.9. The van der Waals surface area contributed by atoms with Gasteiger partial charge in [0, 0.05) is 52.8 Å². The van der Waals surface area contributed by atoms with E-state index >= 15 is 0 Å². The number of non-ortho nitro benzene ring substituents is 1. The van der Waals surface area contributed by atoms with Gasteiger partial charge in [0.2, 0.25) is 12.0 Å². The van der Waals surface area contributed by atoms with Gasteiger partial charge in [-0.05, 0) is 17.7 Å². The summed E-state index contributed by atoms with van der Waals surface area (Å²) in [6, 6.07) is 5.03. The van der Waals surface area contributed by atoms with Crippen molar-refractivity contribution in [3.05, 3.63) is 63.2 Å². The lowest BCUT2D eigenvalue weighted by Crippen LogP contribution is -2.51. The zero-order chi connectivity index (χ0) is 33.2. The third kappa shape index (κ3) is 9.62. The van der Waals surface area contributed by atoms with Crippen LogP contribution in [0.4, 0.5) is 5.69 Å². The summed E-state index contributed by atoms with van der Waals surface area (Å²) in [6.45, 7) is 3.96. The number of carbonyl (C=O) groups is 6. The second-order valence-electron chi connectivity index (χ2n) is 8.98. The number of carbonyl (C=O) groups excluding carboxylic acids is 6. The van der Waals surface area contributed by atoms with Crippen molar-refractivity contribution in [1.29, 1.82) is 0 Å². The number of hydrogen-bond donors (Lipinski definition) is 1. The molecule has 0 aromatic heterocycles. The molecule has 1 aromatic carbocycles. The molecule has 17 nitrogen and oxygen atoms in total. The number of methoxy groups -OCH3 is 1. The van der Waals surface area contributed by atoms with E-state index in [0.717, 1.165) is 47.8 Å². The molecule has 3 atom stereocenters. The van der Waals surface area contributed by atoms with Crippen LogP contribution >= 0.6 is 0 Å². The third-order valence-electron chi connectivity index (χ3n) is 5.36. The molecular weight excluding hydrogens is 592 g/mol. The molecular formula is C27H30N2O15. The van der Waals surface area contributed by atoms with Crippen LogP contribution in [0.5, 0.6) is 0 Å². The number of nitro benzene ring substituents is 1. The zero-order valence-electron chi connectivity index (χ0n) is 24.5. The molecule has 1 amide bonds. The molecule has 238 valence electrons.